The number of nitriles is 1. The Morgan fingerprint density at radius 3 is 2.61 bits per heavy atom. The Balaban J connectivity index is 2.02. The highest BCUT2D eigenvalue weighted by atomic mass is 16.3. The second-order valence-corrected chi connectivity index (χ2v) is 6.83. The summed E-state index contributed by atoms with van der Waals surface area (Å²) in [5.74, 6) is 0.366. The molecule has 3 aromatic rings. The molecule has 0 saturated heterocycles. The van der Waals surface area contributed by atoms with Crippen molar-refractivity contribution in [1.82, 2.24) is 9.55 Å². The van der Waals surface area contributed by atoms with Crippen molar-refractivity contribution in [2.24, 2.45) is 0 Å². The SMILES string of the molecule is CCCCc1nc(O)c(C)c(=O)n1Cc1ccc(-c2ccccc2)c(C#N)c1. The average molecular weight is 373 g/mol. The van der Waals surface area contributed by atoms with Crippen molar-refractivity contribution in [1.29, 1.82) is 5.26 Å². The smallest absolute Gasteiger partial charge is 0.260 e. The van der Waals surface area contributed by atoms with Crippen molar-refractivity contribution in [2.75, 3.05) is 0 Å². The lowest BCUT2D eigenvalue weighted by atomic mass is 9.98. The van der Waals surface area contributed by atoms with Crippen molar-refractivity contribution in [3.63, 3.8) is 0 Å². The van der Waals surface area contributed by atoms with Crippen LogP contribution in [0.2, 0.25) is 0 Å². The molecule has 0 amide bonds. The van der Waals surface area contributed by atoms with E-state index >= 15 is 0 Å². The van der Waals surface area contributed by atoms with Gasteiger partial charge in [-0.05, 0) is 36.1 Å². The molecular formula is C23H23N3O2. The molecule has 0 fully saturated rings. The van der Waals surface area contributed by atoms with Crippen LogP contribution < -0.4 is 5.56 Å². The monoisotopic (exact) mass is 373 g/mol. The average Bonchev–Trinajstić information content (AvgIpc) is 2.73. The molecule has 0 unspecified atom stereocenters. The molecule has 0 saturated carbocycles. The zero-order chi connectivity index (χ0) is 20.1. The summed E-state index contributed by atoms with van der Waals surface area (Å²) in [6.45, 7) is 3.96. The van der Waals surface area contributed by atoms with E-state index in [2.05, 4.69) is 18.0 Å². The molecule has 5 nitrogen and oxygen atoms in total. The largest absolute Gasteiger partial charge is 0.493 e. The van der Waals surface area contributed by atoms with Crippen LogP contribution in [-0.2, 0) is 13.0 Å². The van der Waals surface area contributed by atoms with Gasteiger partial charge in [-0.25, -0.2) is 0 Å². The first-order valence-electron chi connectivity index (χ1n) is 9.42. The predicted octanol–water partition coefficient (Wildman–Crippen LogP) is 4.19. The zero-order valence-electron chi connectivity index (χ0n) is 16.1. The van der Waals surface area contributed by atoms with Gasteiger partial charge in [0.05, 0.1) is 23.7 Å². The van der Waals surface area contributed by atoms with Crippen LogP contribution in [0.15, 0.2) is 53.3 Å². The van der Waals surface area contributed by atoms with Crippen LogP contribution >= 0.6 is 0 Å². The minimum Gasteiger partial charge on any atom is -0.493 e. The highest BCUT2D eigenvalue weighted by molar-refractivity contribution is 5.70. The molecule has 1 heterocycles. The van der Waals surface area contributed by atoms with E-state index < -0.39 is 0 Å². The van der Waals surface area contributed by atoms with Crippen LogP contribution in [0.3, 0.4) is 0 Å². The molecule has 1 aromatic heterocycles. The lowest BCUT2D eigenvalue weighted by Gasteiger charge is -2.14. The summed E-state index contributed by atoms with van der Waals surface area (Å²) in [6, 6.07) is 17.7. The third-order valence-electron chi connectivity index (χ3n) is 4.83. The van der Waals surface area contributed by atoms with E-state index in [-0.39, 0.29) is 17.0 Å². The molecule has 0 atom stereocenters. The molecule has 0 aliphatic rings. The van der Waals surface area contributed by atoms with Crippen molar-refractivity contribution in [2.45, 2.75) is 39.7 Å². The number of aromatic hydroxyl groups is 1. The van der Waals surface area contributed by atoms with Gasteiger partial charge in [-0.15, -0.1) is 0 Å². The van der Waals surface area contributed by atoms with Crippen molar-refractivity contribution in [3.05, 3.63) is 81.4 Å². The summed E-state index contributed by atoms with van der Waals surface area (Å²) in [7, 11) is 0. The quantitative estimate of drug-likeness (QED) is 0.703. The number of hydrogen-bond donors (Lipinski definition) is 1. The van der Waals surface area contributed by atoms with E-state index in [1.165, 1.54) is 0 Å². The third kappa shape index (κ3) is 3.96. The molecule has 0 spiro atoms. The Hall–Kier alpha value is -3.39. The summed E-state index contributed by atoms with van der Waals surface area (Å²) in [5, 5.41) is 19.6. The summed E-state index contributed by atoms with van der Waals surface area (Å²) < 4.78 is 1.60. The second kappa shape index (κ2) is 8.53. The number of aryl methyl sites for hydroxylation is 1. The molecule has 0 bridgehead atoms. The Morgan fingerprint density at radius 1 is 1.18 bits per heavy atom. The van der Waals surface area contributed by atoms with Crippen LogP contribution in [0.25, 0.3) is 11.1 Å². The Labute approximate surface area is 164 Å². The minimum absolute atomic E-state index is 0.204. The molecule has 0 radical (unpaired) electrons. The van der Waals surface area contributed by atoms with E-state index in [0.29, 0.717) is 24.4 Å². The molecular weight excluding hydrogens is 350 g/mol. The maximum atomic E-state index is 12.7. The summed E-state index contributed by atoms with van der Waals surface area (Å²) in [4.78, 5) is 16.9. The topological polar surface area (TPSA) is 78.9 Å². The lowest BCUT2D eigenvalue weighted by molar-refractivity contribution is 0.434. The standard InChI is InChI=1S/C23H23N3O2/c1-3-4-10-21-25-22(27)16(2)23(28)26(21)15-17-11-12-20(19(13-17)14-24)18-8-6-5-7-9-18/h5-9,11-13,27H,3-4,10,15H2,1-2H3. The van der Waals surface area contributed by atoms with Gasteiger partial charge in [-0.3, -0.25) is 9.36 Å². The van der Waals surface area contributed by atoms with Crippen LogP contribution in [0.4, 0.5) is 0 Å². The van der Waals surface area contributed by atoms with Crippen molar-refractivity contribution >= 4 is 0 Å². The zero-order valence-corrected chi connectivity index (χ0v) is 16.1. The van der Waals surface area contributed by atoms with Crippen LogP contribution in [-0.4, -0.2) is 14.7 Å². The van der Waals surface area contributed by atoms with E-state index in [1.807, 2.05) is 48.5 Å². The van der Waals surface area contributed by atoms with Gasteiger partial charge in [0.25, 0.3) is 5.56 Å². The fourth-order valence-corrected chi connectivity index (χ4v) is 3.20. The molecule has 142 valence electrons. The molecule has 0 aliphatic carbocycles. The number of nitrogens with zero attached hydrogens (tertiary/aromatic N) is 3. The number of hydrogen-bond acceptors (Lipinski definition) is 4. The van der Waals surface area contributed by atoms with Gasteiger partial charge in [0.2, 0.25) is 5.88 Å². The second-order valence-electron chi connectivity index (χ2n) is 6.83. The molecule has 3 rings (SSSR count). The van der Waals surface area contributed by atoms with E-state index in [0.717, 1.165) is 29.5 Å². The number of benzene rings is 2. The first kappa shape index (κ1) is 19.4. The van der Waals surface area contributed by atoms with Crippen molar-refractivity contribution in [3.8, 4) is 23.1 Å². The Morgan fingerprint density at radius 2 is 1.93 bits per heavy atom. The van der Waals surface area contributed by atoms with Gasteiger partial charge >= 0.3 is 0 Å². The maximum Gasteiger partial charge on any atom is 0.260 e. The van der Waals surface area contributed by atoms with E-state index in [1.54, 1.807) is 11.5 Å². The van der Waals surface area contributed by atoms with Gasteiger partial charge in [-0.1, -0.05) is 55.8 Å². The Kier molecular flexibility index (Phi) is 5.90. The summed E-state index contributed by atoms with van der Waals surface area (Å²) >= 11 is 0. The fourth-order valence-electron chi connectivity index (χ4n) is 3.20. The third-order valence-corrected chi connectivity index (χ3v) is 4.83. The highest BCUT2D eigenvalue weighted by Crippen LogP contribution is 2.24. The molecule has 1 N–H and O–H groups in total. The number of unbranched alkanes of at least 4 members (excludes halogenated alkanes) is 1. The first-order chi connectivity index (χ1) is 13.5. The summed E-state index contributed by atoms with van der Waals surface area (Å²) in [6.07, 6.45) is 2.47. The van der Waals surface area contributed by atoms with Crippen LogP contribution in [0.5, 0.6) is 5.88 Å². The molecule has 0 aliphatic heterocycles. The van der Waals surface area contributed by atoms with Crippen LogP contribution in [0.1, 0.15) is 42.3 Å². The van der Waals surface area contributed by atoms with Gasteiger partial charge < -0.3 is 5.11 Å². The van der Waals surface area contributed by atoms with Gasteiger partial charge in [0, 0.05) is 6.42 Å². The normalized spacial score (nSPS) is 10.6. The maximum absolute atomic E-state index is 12.7. The molecule has 28 heavy (non-hydrogen) atoms. The molecule has 5 heteroatoms. The summed E-state index contributed by atoms with van der Waals surface area (Å²) in [5.41, 5.74) is 3.25. The number of rotatable bonds is 6. The fraction of sp³-hybridized carbons (Fsp3) is 0.261. The first-order valence-corrected chi connectivity index (χ1v) is 9.42. The highest BCUT2D eigenvalue weighted by Gasteiger charge is 2.14. The van der Waals surface area contributed by atoms with Gasteiger partial charge in [0.1, 0.15) is 5.82 Å². The van der Waals surface area contributed by atoms with Crippen LogP contribution in [0, 0.1) is 18.3 Å². The minimum atomic E-state index is -0.246. The van der Waals surface area contributed by atoms with E-state index in [9.17, 15) is 15.2 Å². The van der Waals surface area contributed by atoms with Gasteiger partial charge in [-0.2, -0.15) is 10.2 Å². The lowest BCUT2D eigenvalue weighted by Crippen LogP contribution is -2.27. The van der Waals surface area contributed by atoms with Crippen molar-refractivity contribution < 1.29 is 5.11 Å². The predicted molar refractivity (Wildman–Crippen MR) is 109 cm³/mol. The Bertz CT molecular complexity index is 1080. The van der Waals surface area contributed by atoms with E-state index in [4.69, 9.17) is 0 Å². The van der Waals surface area contributed by atoms with Gasteiger partial charge in [0.15, 0.2) is 0 Å². The number of aromatic nitrogens is 2. The molecule has 2 aromatic carbocycles.